The minimum Gasteiger partial charge on any atom is -0.407 e. The zero-order valence-corrected chi connectivity index (χ0v) is 24.7. The van der Waals surface area contributed by atoms with Crippen LogP contribution < -0.4 is 14.2 Å². The fraction of sp³-hybridized carbons (Fsp3) is 0.533. The highest BCUT2D eigenvalue weighted by atomic mass is 16.6. The van der Waals surface area contributed by atoms with Gasteiger partial charge in [-0.1, -0.05) is 6.07 Å². The molecule has 228 valence electrons. The first kappa shape index (κ1) is 29.1. The number of rotatable bonds is 8. The number of carbonyl (C=O) groups is 3. The zero-order valence-electron chi connectivity index (χ0n) is 24.7. The van der Waals surface area contributed by atoms with E-state index in [1.807, 2.05) is 26.1 Å². The second kappa shape index (κ2) is 10.6. The van der Waals surface area contributed by atoms with Gasteiger partial charge in [0, 0.05) is 48.6 Å². The maximum Gasteiger partial charge on any atom is 0.346 e. The lowest BCUT2D eigenvalue weighted by Crippen LogP contribution is -2.46. The molecular weight excluding hydrogens is 558 g/mol. The van der Waals surface area contributed by atoms with E-state index in [4.69, 9.17) is 18.9 Å². The summed E-state index contributed by atoms with van der Waals surface area (Å²) >= 11 is 0. The molecule has 1 saturated heterocycles. The summed E-state index contributed by atoms with van der Waals surface area (Å²) in [6, 6.07) is 5.61. The van der Waals surface area contributed by atoms with Crippen molar-refractivity contribution < 1.29 is 38.4 Å². The van der Waals surface area contributed by atoms with Gasteiger partial charge in [-0.15, -0.1) is 0 Å². The van der Waals surface area contributed by atoms with Crippen LogP contribution in [0.4, 0.5) is 0 Å². The molecule has 0 aliphatic carbocycles. The number of aryl methyl sites for hydroxylation is 2. The van der Waals surface area contributed by atoms with Gasteiger partial charge in [-0.2, -0.15) is 9.97 Å². The third kappa shape index (κ3) is 5.36. The van der Waals surface area contributed by atoms with Crippen molar-refractivity contribution in [1.82, 2.24) is 24.4 Å². The molecule has 5 bridgehead atoms. The summed E-state index contributed by atoms with van der Waals surface area (Å²) in [5.74, 6) is -3.44. The normalized spacial score (nSPS) is 24.3. The number of aliphatic hydroxyl groups is 1. The van der Waals surface area contributed by atoms with Crippen molar-refractivity contribution in [2.75, 3.05) is 26.3 Å². The number of hydrogen-bond acceptors (Lipinski definition) is 12. The van der Waals surface area contributed by atoms with Gasteiger partial charge in [0.25, 0.3) is 5.88 Å². The third-order valence-corrected chi connectivity index (χ3v) is 8.84. The number of fused-ring (bicyclic) bond motifs is 4. The molecule has 0 saturated carbocycles. The molecule has 6 heterocycles. The van der Waals surface area contributed by atoms with Gasteiger partial charge in [0.05, 0.1) is 25.0 Å². The van der Waals surface area contributed by atoms with Crippen molar-refractivity contribution in [1.29, 1.82) is 0 Å². The summed E-state index contributed by atoms with van der Waals surface area (Å²) in [4.78, 5) is 53.9. The Labute approximate surface area is 248 Å². The van der Waals surface area contributed by atoms with Crippen LogP contribution in [0.25, 0.3) is 11.0 Å². The maximum absolute atomic E-state index is 12.9. The van der Waals surface area contributed by atoms with Gasteiger partial charge in [-0.05, 0) is 58.7 Å². The molecule has 13 nitrogen and oxygen atoms in total. The van der Waals surface area contributed by atoms with E-state index in [0.29, 0.717) is 31.7 Å². The Morgan fingerprint density at radius 1 is 1.09 bits per heavy atom. The van der Waals surface area contributed by atoms with Crippen molar-refractivity contribution in [2.45, 2.75) is 71.1 Å². The molecule has 43 heavy (non-hydrogen) atoms. The van der Waals surface area contributed by atoms with Crippen LogP contribution in [0.3, 0.4) is 0 Å². The molecule has 0 radical (unpaired) electrons. The number of hydrogen-bond donors (Lipinski definition) is 1. The zero-order chi connectivity index (χ0) is 30.6. The molecule has 3 aromatic rings. The summed E-state index contributed by atoms with van der Waals surface area (Å²) in [7, 11) is 0. The summed E-state index contributed by atoms with van der Waals surface area (Å²) in [5, 5.41) is 10.9. The van der Waals surface area contributed by atoms with Crippen molar-refractivity contribution in [2.24, 2.45) is 5.41 Å². The van der Waals surface area contributed by atoms with Gasteiger partial charge in [-0.3, -0.25) is 24.0 Å². The fourth-order valence-electron chi connectivity index (χ4n) is 6.11. The van der Waals surface area contributed by atoms with E-state index >= 15 is 0 Å². The van der Waals surface area contributed by atoms with Crippen LogP contribution in [0.5, 0.6) is 17.8 Å². The lowest BCUT2D eigenvalue weighted by molar-refractivity contribution is -0.166. The van der Waals surface area contributed by atoms with Gasteiger partial charge in [0.15, 0.2) is 11.1 Å². The second-order valence-electron chi connectivity index (χ2n) is 12.2. The predicted octanol–water partition coefficient (Wildman–Crippen LogP) is 2.44. The van der Waals surface area contributed by atoms with E-state index in [1.54, 1.807) is 4.57 Å². The molecule has 1 N–H and O–H groups in total. The Morgan fingerprint density at radius 3 is 2.58 bits per heavy atom. The van der Waals surface area contributed by atoms with E-state index in [-0.39, 0.29) is 34.2 Å². The third-order valence-electron chi connectivity index (χ3n) is 8.84. The van der Waals surface area contributed by atoms with Crippen LogP contribution in [0, 0.1) is 12.3 Å². The first-order valence-electron chi connectivity index (χ1n) is 14.4. The van der Waals surface area contributed by atoms with E-state index in [1.165, 1.54) is 6.07 Å². The first-order chi connectivity index (χ1) is 20.4. The Balaban J connectivity index is 1.35. The summed E-state index contributed by atoms with van der Waals surface area (Å²) in [6.07, 6.45) is 1.82. The lowest BCUT2D eigenvalue weighted by atomic mass is 9.84. The van der Waals surface area contributed by atoms with Crippen molar-refractivity contribution in [3.05, 3.63) is 35.7 Å². The van der Waals surface area contributed by atoms with Gasteiger partial charge in [0.1, 0.15) is 0 Å². The number of nitrogens with zero attached hydrogens (tertiary/aromatic N) is 5. The predicted molar refractivity (Wildman–Crippen MR) is 150 cm³/mol. The van der Waals surface area contributed by atoms with E-state index in [2.05, 4.69) is 39.8 Å². The molecule has 2 unspecified atom stereocenters. The SMILES string of the molecule is CCOCC1(CCn2c3nc4c5nc(cc42)OC(=O)CC(O)(CC(=O)O3)C(=O)O5)CCN(C(C)(C)c2ccc(C)nc2)C1. The Morgan fingerprint density at radius 2 is 1.86 bits per heavy atom. The Bertz CT molecular complexity index is 1600. The molecule has 0 spiro atoms. The quantitative estimate of drug-likeness (QED) is 0.381. The highest BCUT2D eigenvalue weighted by Gasteiger charge is 2.47. The van der Waals surface area contributed by atoms with Gasteiger partial charge >= 0.3 is 23.9 Å². The number of likely N-dealkylation sites (tertiary alicyclic amines) is 1. The molecule has 3 aliphatic heterocycles. The van der Waals surface area contributed by atoms with Crippen molar-refractivity contribution in [3.8, 4) is 17.8 Å². The molecule has 6 rings (SSSR count). The van der Waals surface area contributed by atoms with Gasteiger partial charge in [-0.25, -0.2) is 4.79 Å². The van der Waals surface area contributed by atoms with E-state index in [9.17, 15) is 19.5 Å². The fourth-order valence-corrected chi connectivity index (χ4v) is 6.11. The van der Waals surface area contributed by atoms with Crippen LogP contribution in [0.2, 0.25) is 0 Å². The first-order valence-corrected chi connectivity index (χ1v) is 14.4. The smallest absolute Gasteiger partial charge is 0.346 e. The largest absolute Gasteiger partial charge is 0.407 e. The molecule has 0 amide bonds. The van der Waals surface area contributed by atoms with Crippen molar-refractivity contribution >= 4 is 28.9 Å². The monoisotopic (exact) mass is 593 g/mol. The minimum absolute atomic E-state index is 0.0279. The number of aromatic nitrogens is 4. The summed E-state index contributed by atoms with van der Waals surface area (Å²) < 4.78 is 24.0. The summed E-state index contributed by atoms with van der Waals surface area (Å²) in [6.45, 7) is 11.4. The average Bonchev–Trinajstić information content (AvgIpc) is 3.53. The molecule has 3 aromatic heterocycles. The number of imidazole rings is 1. The highest BCUT2D eigenvalue weighted by Crippen LogP contribution is 2.43. The van der Waals surface area contributed by atoms with Crippen LogP contribution >= 0.6 is 0 Å². The highest BCUT2D eigenvalue weighted by molar-refractivity contribution is 5.95. The Kier molecular flexibility index (Phi) is 7.22. The van der Waals surface area contributed by atoms with Crippen molar-refractivity contribution in [3.63, 3.8) is 0 Å². The van der Waals surface area contributed by atoms with Crippen LogP contribution in [-0.4, -0.2) is 79.3 Å². The molecule has 3 aliphatic rings. The van der Waals surface area contributed by atoms with Gasteiger partial charge < -0.3 is 24.1 Å². The molecule has 0 aromatic carbocycles. The van der Waals surface area contributed by atoms with Crippen LogP contribution in [0.1, 0.15) is 57.7 Å². The maximum atomic E-state index is 12.9. The van der Waals surface area contributed by atoms with Gasteiger partial charge in [0.2, 0.25) is 5.88 Å². The average molecular weight is 594 g/mol. The topological polar surface area (TPSA) is 155 Å². The van der Waals surface area contributed by atoms with Crippen LogP contribution in [0.15, 0.2) is 24.4 Å². The number of pyridine rings is 2. The standard InChI is InChI=1S/C30H35N5O8/c1-5-40-17-29(8-10-34(16-29)28(3,4)19-7-6-18(2)31-15-19)9-11-35-20-12-21-32-25-24(20)33-27(35)42-23(37)14-30(39,26(38)43-25)13-22(36)41-21/h6-7,12,15,39H,5,8-11,13-14,16-17H2,1-4H3. The number of esters is 3. The number of carbonyl (C=O) groups excluding carboxylic acids is 3. The van der Waals surface area contributed by atoms with Crippen LogP contribution in [-0.2, 0) is 31.2 Å². The molecule has 2 atom stereocenters. The lowest BCUT2D eigenvalue weighted by Gasteiger charge is -2.38. The summed E-state index contributed by atoms with van der Waals surface area (Å²) in [5.41, 5.74) is -0.339. The molecule has 13 heteroatoms. The van der Waals surface area contributed by atoms with E-state index < -0.39 is 36.4 Å². The minimum atomic E-state index is -2.48. The van der Waals surface area contributed by atoms with E-state index in [0.717, 1.165) is 30.8 Å². The Hall–Kier alpha value is -3.94. The molecular formula is C30H35N5O8. The second-order valence-corrected chi connectivity index (χ2v) is 12.2. The number of ether oxygens (including phenoxy) is 4. The molecule has 1 fully saturated rings.